The number of likely N-dealkylation sites (tertiary alicyclic amines) is 1. The van der Waals surface area contributed by atoms with Gasteiger partial charge >= 0.3 is 0 Å². The maximum absolute atomic E-state index is 13.3. The number of halogens is 1. The first kappa shape index (κ1) is 22.2. The largest absolute Gasteiger partial charge is 0.390 e. The molecule has 2 aliphatic rings. The van der Waals surface area contributed by atoms with Crippen LogP contribution in [-0.4, -0.2) is 44.2 Å². The summed E-state index contributed by atoms with van der Waals surface area (Å²) in [5, 5.41) is 19.8. The first-order chi connectivity index (χ1) is 16.1. The lowest BCUT2D eigenvalue weighted by Crippen LogP contribution is -2.48. The van der Waals surface area contributed by atoms with Gasteiger partial charge < -0.3 is 5.11 Å². The highest BCUT2D eigenvalue weighted by Gasteiger charge is 2.38. The lowest BCUT2D eigenvalue weighted by Gasteiger charge is -2.44. The minimum atomic E-state index is -0.516. The Labute approximate surface area is 195 Å². The monoisotopic (exact) mass is 448 g/mol. The SMILES string of the molecule is Cc1ccc([C@H]2C[C@H](n3cc(-c4ccc(F)cc4)nn3)[C@@H](O)CN2CC2CCCCC2)cc1. The molecule has 2 heterocycles. The number of rotatable bonds is 5. The van der Waals surface area contributed by atoms with Crippen LogP contribution >= 0.6 is 0 Å². The fraction of sp³-hybridized carbons (Fsp3) is 0.481. The fourth-order valence-electron chi connectivity index (χ4n) is 5.54. The van der Waals surface area contributed by atoms with E-state index in [0.29, 0.717) is 18.2 Å². The Kier molecular flexibility index (Phi) is 6.56. The second-order valence-electron chi connectivity index (χ2n) is 9.85. The van der Waals surface area contributed by atoms with Gasteiger partial charge in [-0.3, -0.25) is 4.90 Å². The summed E-state index contributed by atoms with van der Waals surface area (Å²) in [6.45, 7) is 3.79. The zero-order chi connectivity index (χ0) is 22.8. The van der Waals surface area contributed by atoms with Gasteiger partial charge in [-0.05, 0) is 61.9 Å². The lowest BCUT2D eigenvalue weighted by molar-refractivity contribution is -0.0181. The maximum atomic E-state index is 13.3. The van der Waals surface area contributed by atoms with Crippen molar-refractivity contribution in [2.45, 2.75) is 63.6 Å². The highest BCUT2D eigenvalue weighted by molar-refractivity contribution is 5.57. The van der Waals surface area contributed by atoms with Crippen LogP contribution < -0.4 is 0 Å². The molecule has 5 rings (SSSR count). The van der Waals surface area contributed by atoms with E-state index < -0.39 is 6.10 Å². The van der Waals surface area contributed by atoms with Crippen LogP contribution in [0.3, 0.4) is 0 Å². The van der Waals surface area contributed by atoms with Crippen molar-refractivity contribution in [1.29, 1.82) is 0 Å². The summed E-state index contributed by atoms with van der Waals surface area (Å²) in [4.78, 5) is 2.50. The van der Waals surface area contributed by atoms with Gasteiger partial charge in [0.15, 0.2) is 0 Å². The molecule has 33 heavy (non-hydrogen) atoms. The van der Waals surface area contributed by atoms with E-state index in [9.17, 15) is 9.50 Å². The predicted molar refractivity (Wildman–Crippen MR) is 127 cm³/mol. The van der Waals surface area contributed by atoms with Crippen LogP contribution in [0.25, 0.3) is 11.3 Å². The predicted octanol–water partition coefficient (Wildman–Crippen LogP) is 5.32. The van der Waals surface area contributed by atoms with Crippen molar-refractivity contribution in [3.05, 3.63) is 71.7 Å². The Morgan fingerprint density at radius 3 is 2.45 bits per heavy atom. The zero-order valence-electron chi connectivity index (χ0n) is 19.3. The fourth-order valence-corrected chi connectivity index (χ4v) is 5.54. The van der Waals surface area contributed by atoms with E-state index in [1.165, 1.54) is 55.4 Å². The van der Waals surface area contributed by atoms with E-state index >= 15 is 0 Å². The van der Waals surface area contributed by atoms with Crippen molar-refractivity contribution < 1.29 is 9.50 Å². The first-order valence-corrected chi connectivity index (χ1v) is 12.2. The molecule has 0 bridgehead atoms. The number of nitrogens with zero attached hydrogens (tertiary/aromatic N) is 4. The van der Waals surface area contributed by atoms with Crippen LogP contribution in [0.2, 0.25) is 0 Å². The Bertz CT molecular complexity index is 1040. The van der Waals surface area contributed by atoms with Crippen molar-refractivity contribution in [3.63, 3.8) is 0 Å². The molecule has 6 heteroatoms. The van der Waals surface area contributed by atoms with Crippen LogP contribution in [0.5, 0.6) is 0 Å². The molecule has 1 saturated heterocycles. The third-order valence-electron chi connectivity index (χ3n) is 7.44. The number of piperidine rings is 1. The van der Waals surface area contributed by atoms with Crippen LogP contribution in [-0.2, 0) is 0 Å². The number of aliphatic hydroxyl groups excluding tert-OH is 1. The molecule has 1 aliphatic heterocycles. The maximum Gasteiger partial charge on any atom is 0.123 e. The van der Waals surface area contributed by atoms with E-state index in [2.05, 4.69) is 46.4 Å². The molecule has 1 N–H and O–H groups in total. The molecule has 0 amide bonds. The Morgan fingerprint density at radius 1 is 1.00 bits per heavy atom. The Hall–Kier alpha value is -2.57. The van der Waals surface area contributed by atoms with Crippen molar-refractivity contribution >= 4 is 0 Å². The quantitative estimate of drug-likeness (QED) is 0.574. The first-order valence-electron chi connectivity index (χ1n) is 12.2. The van der Waals surface area contributed by atoms with Crippen molar-refractivity contribution in [3.8, 4) is 11.3 Å². The summed E-state index contributed by atoms with van der Waals surface area (Å²) in [7, 11) is 0. The molecule has 0 spiro atoms. The molecule has 1 aliphatic carbocycles. The molecule has 5 nitrogen and oxygen atoms in total. The highest BCUT2D eigenvalue weighted by Crippen LogP contribution is 2.39. The molecule has 1 aromatic heterocycles. The summed E-state index contributed by atoms with van der Waals surface area (Å²) in [6, 6.07) is 15.2. The van der Waals surface area contributed by atoms with E-state index in [1.54, 1.807) is 12.1 Å². The topological polar surface area (TPSA) is 54.2 Å². The molecule has 174 valence electrons. The van der Waals surface area contributed by atoms with Crippen LogP contribution in [0.15, 0.2) is 54.7 Å². The molecule has 0 unspecified atom stereocenters. The van der Waals surface area contributed by atoms with E-state index in [0.717, 1.165) is 18.5 Å². The van der Waals surface area contributed by atoms with Crippen molar-refractivity contribution in [2.75, 3.05) is 13.1 Å². The second-order valence-corrected chi connectivity index (χ2v) is 9.85. The molecular formula is C27H33FN4O. The third kappa shape index (κ3) is 5.02. The van der Waals surface area contributed by atoms with Crippen molar-refractivity contribution in [2.24, 2.45) is 5.92 Å². The van der Waals surface area contributed by atoms with Gasteiger partial charge in [0.1, 0.15) is 11.5 Å². The lowest BCUT2D eigenvalue weighted by atomic mass is 9.85. The number of β-amino-alcohol motifs (C(OH)–C–C–N with tert-alkyl or cyclic N) is 1. The van der Waals surface area contributed by atoms with E-state index in [-0.39, 0.29) is 17.9 Å². The molecule has 2 aromatic carbocycles. The summed E-state index contributed by atoms with van der Waals surface area (Å²) in [5.41, 5.74) is 4.07. The summed E-state index contributed by atoms with van der Waals surface area (Å²) in [6.07, 6.45) is 8.73. The molecule has 2 fully saturated rings. The average molecular weight is 449 g/mol. The summed E-state index contributed by atoms with van der Waals surface area (Å²) >= 11 is 0. The average Bonchev–Trinajstić information content (AvgIpc) is 3.31. The number of aromatic nitrogens is 3. The van der Waals surface area contributed by atoms with Gasteiger partial charge in [-0.2, -0.15) is 0 Å². The zero-order valence-corrected chi connectivity index (χ0v) is 19.3. The minimum absolute atomic E-state index is 0.152. The molecule has 0 radical (unpaired) electrons. The van der Waals surface area contributed by atoms with Gasteiger partial charge in [-0.15, -0.1) is 5.10 Å². The molecule has 1 saturated carbocycles. The van der Waals surface area contributed by atoms with E-state index in [1.807, 2.05) is 10.9 Å². The number of benzene rings is 2. The van der Waals surface area contributed by atoms with Gasteiger partial charge in [-0.25, -0.2) is 9.07 Å². The molecular weight excluding hydrogens is 415 g/mol. The third-order valence-corrected chi connectivity index (χ3v) is 7.44. The van der Waals surface area contributed by atoms with Gasteiger partial charge in [-0.1, -0.05) is 54.3 Å². The van der Waals surface area contributed by atoms with Gasteiger partial charge in [0.2, 0.25) is 0 Å². The van der Waals surface area contributed by atoms with E-state index in [4.69, 9.17) is 0 Å². The van der Waals surface area contributed by atoms with Crippen LogP contribution in [0.1, 0.15) is 61.7 Å². The van der Waals surface area contributed by atoms with Gasteiger partial charge in [0.25, 0.3) is 0 Å². The molecule has 3 atom stereocenters. The smallest absolute Gasteiger partial charge is 0.123 e. The summed E-state index contributed by atoms with van der Waals surface area (Å²) < 4.78 is 15.1. The normalized spacial score (nSPS) is 24.8. The number of hydrogen-bond donors (Lipinski definition) is 1. The number of hydrogen-bond acceptors (Lipinski definition) is 4. The van der Waals surface area contributed by atoms with Gasteiger partial charge in [0.05, 0.1) is 18.3 Å². The van der Waals surface area contributed by atoms with Crippen LogP contribution in [0, 0.1) is 18.7 Å². The second kappa shape index (κ2) is 9.74. The Morgan fingerprint density at radius 2 is 1.73 bits per heavy atom. The number of aliphatic hydroxyl groups is 1. The molecule has 3 aromatic rings. The van der Waals surface area contributed by atoms with Crippen molar-refractivity contribution in [1.82, 2.24) is 19.9 Å². The standard InChI is InChI=1S/C27H33FN4O/c1-19-7-9-22(10-8-19)25-15-26(27(33)18-31(25)16-20-5-3-2-4-6-20)32-17-24(29-30-32)21-11-13-23(28)14-12-21/h7-14,17,20,25-27,33H,2-6,15-16,18H2,1H3/t25-,26+,27+/m1/s1. The number of aryl methyl sites for hydroxylation is 1. The van der Waals surface area contributed by atoms with Crippen LogP contribution in [0.4, 0.5) is 4.39 Å². The van der Waals surface area contributed by atoms with Gasteiger partial charge in [0, 0.05) is 24.7 Å². The summed E-state index contributed by atoms with van der Waals surface area (Å²) in [5.74, 6) is 0.444. The Balaban J connectivity index is 1.39. The minimum Gasteiger partial charge on any atom is -0.390 e. The highest BCUT2D eigenvalue weighted by atomic mass is 19.1.